The minimum atomic E-state index is -4.09. The molecule has 0 bridgehead atoms. The van der Waals surface area contributed by atoms with Gasteiger partial charge in [0.15, 0.2) is 0 Å². The Hall–Kier alpha value is -2.65. The third kappa shape index (κ3) is 3.60. The van der Waals surface area contributed by atoms with Crippen molar-refractivity contribution in [3.05, 3.63) is 46.7 Å². The molecule has 1 amide bonds. The Morgan fingerprint density at radius 1 is 1.37 bits per heavy atom. The summed E-state index contributed by atoms with van der Waals surface area (Å²) < 4.78 is 30.2. The van der Waals surface area contributed by atoms with Gasteiger partial charge in [-0.05, 0) is 39.1 Å². The van der Waals surface area contributed by atoms with Crippen molar-refractivity contribution >= 4 is 27.7 Å². The largest absolute Gasteiger partial charge is 0.365 e. The molecule has 0 aliphatic heterocycles. The van der Waals surface area contributed by atoms with Gasteiger partial charge in [-0.3, -0.25) is 14.2 Å². The van der Waals surface area contributed by atoms with Gasteiger partial charge in [-0.2, -0.15) is 13.5 Å². The number of nitrogens with one attached hydrogen (secondary N) is 1. The second-order valence-electron chi connectivity index (χ2n) is 6.64. The summed E-state index contributed by atoms with van der Waals surface area (Å²) in [6, 6.07) is 5.43. The van der Waals surface area contributed by atoms with Crippen LogP contribution in [0.5, 0.6) is 0 Å². The Labute approximate surface area is 158 Å². The van der Waals surface area contributed by atoms with Crippen LogP contribution in [0.3, 0.4) is 0 Å². The van der Waals surface area contributed by atoms with Gasteiger partial charge >= 0.3 is 0 Å². The van der Waals surface area contributed by atoms with Crippen LogP contribution < -0.4 is 10.5 Å². The molecule has 1 aliphatic carbocycles. The molecular formula is C18H23N5O3S. The first-order chi connectivity index (χ1) is 12.7. The summed E-state index contributed by atoms with van der Waals surface area (Å²) in [6.45, 7) is 2.59. The quantitative estimate of drug-likeness (QED) is 0.744. The number of primary amides is 1. The number of hydrogen-bond acceptors (Lipinski definition) is 5. The Kier molecular flexibility index (Phi) is 5.07. The standard InChI is InChI=1S/C18H23N5O3S/c1-4-23-15(11-22(2)3)16(17(19)24)18(20-23)27(25,26)21-14-10-6-8-12-7-5-9-13(12)14/h5-6,8-10,21H,4,7,11H2,1-3H3,(H2,19,24). The highest BCUT2D eigenvalue weighted by molar-refractivity contribution is 7.92. The topological polar surface area (TPSA) is 110 Å². The molecule has 0 fully saturated rings. The van der Waals surface area contributed by atoms with Crippen molar-refractivity contribution in [1.29, 1.82) is 0 Å². The maximum Gasteiger partial charge on any atom is 0.282 e. The number of anilines is 1. The minimum absolute atomic E-state index is 0.0684. The number of amides is 1. The minimum Gasteiger partial charge on any atom is -0.365 e. The molecule has 2 aromatic rings. The van der Waals surface area contributed by atoms with Gasteiger partial charge in [-0.1, -0.05) is 24.3 Å². The van der Waals surface area contributed by atoms with Crippen LogP contribution in [0.25, 0.3) is 6.08 Å². The number of sulfonamides is 1. The molecule has 1 aromatic carbocycles. The lowest BCUT2D eigenvalue weighted by atomic mass is 10.1. The average Bonchev–Trinajstić information content (AvgIpc) is 3.19. The highest BCUT2D eigenvalue weighted by Gasteiger charge is 2.31. The molecule has 27 heavy (non-hydrogen) atoms. The van der Waals surface area contributed by atoms with Gasteiger partial charge in [0.05, 0.1) is 11.4 Å². The molecule has 144 valence electrons. The molecule has 0 radical (unpaired) electrons. The summed E-state index contributed by atoms with van der Waals surface area (Å²) in [7, 11) is -0.447. The van der Waals surface area contributed by atoms with Crippen LogP contribution in [0.15, 0.2) is 29.3 Å². The van der Waals surface area contributed by atoms with E-state index < -0.39 is 15.9 Å². The molecule has 0 saturated carbocycles. The smallest absolute Gasteiger partial charge is 0.282 e. The molecule has 3 N–H and O–H groups in total. The van der Waals surface area contributed by atoms with Crippen LogP contribution in [0.4, 0.5) is 5.69 Å². The zero-order chi connectivity index (χ0) is 19.8. The molecule has 0 spiro atoms. The molecule has 1 aromatic heterocycles. The van der Waals surface area contributed by atoms with Gasteiger partial charge in [0.1, 0.15) is 5.56 Å². The molecule has 3 rings (SSSR count). The van der Waals surface area contributed by atoms with E-state index in [1.54, 1.807) is 12.1 Å². The van der Waals surface area contributed by atoms with Gasteiger partial charge < -0.3 is 10.6 Å². The highest BCUT2D eigenvalue weighted by Crippen LogP contribution is 2.30. The maximum atomic E-state index is 13.1. The van der Waals surface area contributed by atoms with E-state index in [1.807, 2.05) is 44.1 Å². The Bertz CT molecular complexity index is 1020. The number of carbonyl (C=O) groups excluding carboxylic acids is 1. The third-order valence-electron chi connectivity index (χ3n) is 4.36. The van der Waals surface area contributed by atoms with Crippen molar-refractivity contribution in [2.75, 3.05) is 18.8 Å². The number of aryl methyl sites for hydroxylation is 1. The lowest BCUT2D eigenvalue weighted by Crippen LogP contribution is -2.23. The normalized spacial score (nSPS) is 13.2. The number of aromatic nitrogens is 2. The lowest BCUT2D eigenvalue weighted by Gasteiger charge is -2.12. The fourth-order valence-corrected chi connectivity index (χ4v) is 4.46. The average molecular weight is 389 g/mol. The van der Waals surface area contributed by atoms with Gasteiger partial charge in [0, 0.05) is 18.7 Å². The number of fused-ring (bicyclic) bond motifs is 1. The molecule has 9 heteroatoms. The number of hydrogen-bond donors (Lipinski definition) is 2. The monoisotopic (exact) mass is 389 g/mol. The van der Waals surface area contributed by atoms with Crippen molar-refractivity contribution in [2.24, 2.45) is 5.73 Å². The van der Waals surface area contributed by atoms with Crippen LogP contribution in [-0.4, -0.2) is 43.1 Å². The summed E-state index contributed by atoms with van der Waals surface area (Å²) in [4.78, 5) is 13.9. The molecule has 1 aliphatic rings. The summed E-state index contributed by atoms with van der Waals surface area (Å²) in [5, 5.41) is 3.85. The van der Waals surface area contributed by atoms with Crippen molar-refractivity contribution in [1.82, 2.24) is 14.7 Å². The van der Waals surface area contributed by atoms with Crippen LogP contribution in [0.1, 0.15) is 34.1 Å². The van der Waals surface area contributed by atoms with E-state index in [9.17, 15) is 13.2 Å². The molecule has 0 unspecified atom stereocenters. The molecule has 8 nitrogen and oxygen atoms in total. The Morgan fingerprint density at radius 2 is 2.11 bits per heavy atom. The molecule has 1 heterocycles. The first-order valence-electron chi connectivity index (χ1n) is 8.60. The maximum absolute atomic E-state index is 13.1. The Balaban J connectivity index is 2.09. The fourth-order valence-electron chi connectivity index (χ4n) is 3.20. The van der Waals surface area contributed by atoms with Crippen molar-refractivity contribution in [3.8, 4) is 0 Å². The third-order valence-corrected chi connectivity index (χ3v) is 5.64. The zero-order valence-electron chi connectivity index (χ0n) is 15.6. The second-order valence-corrected chi connectivity index (χ2v) is 8.23. The van der Waals surface area contributed by atoms with Crippen molar-refractivity contribution < 1.29 is 13.2 Å². The number of carbonyl (C=O) groups is 1. The molecule has 0 atom stereocenters. The van der Waals surface area contributed by atoms with E-state index in [0.29, 0.717) is 24.5 Å². The predicted molar refractivity (Wildman–Crippen MR) is 104 cm³/mol. The number of nitrogens with two attached hydrogens (primary N) is 1. The number of rotatable bonds is 7. The lowest BCUT2D eigenvalue weighted by molar-refractivity contribution is 0.0995. The number of allylic oxidation sites excluding steroid dienone is 1. The molecular weight excluding hydrogens is 366 g/mol. The zero-order valence-corrected chi connectivity index (χ0v) is 16.4. The van der Waals surface area contributed by atoms with Gasteiger partial charge in [-0.15, -0.1) is 0 Å². The van der Waals surface area contributed by atoms with Crippen molar-refractivity contribution in [2.45, 2.75) is 31.5 Å². The summed E-state index contributed by atoms with van der Waals surface area (Å²) in [6.07, 6.45) is 4.61. The van der Waals surface area contributed by atoms with E-state index in [-0.39, 0.29) is 10.6 Å². The summed E-state index contributed by atoms with van der Waals surface area (Å²) >= 11 is 0. The van der Waals surface area contributed by atoms with Crippen LogP contribution >= 0.6 is 0 Å². The Morgan fingerprint density at radius 3 is 2.74 bits per heavy atom. The van der Waals surface area contributed by atoms with Gasteiger partial charge in [-0.25, -0.2) is 0 Å². The van der Waals surface area contributed by atoms with Gasteiger partial charge in [0.25, 0.3) is 15.9 Å². The fraction of sp³-hybridized carbons (Fsp3) is 0.333. The first kappa shape index (κ1) is 19.1. The van der Waals surface area contributed by atoms with Crippen molar-refractivity contribution in [3.63, 3.8) is 0 Å². The SMILES string of the molecule is CCn1nc(S(=O)(=O)Nc2cccc3c2C=CC3)c(C(N)=O)c1CN(C)C. The summed E-state index contributed by atoms with van der Waals surface area (Å²) in [5.74, 6) is -0.815. The number of benzene rings is 1. The number of nitrogens with zero attached hydrogens (tertiary/aromatic N) is 3. The van der Waals surface area contributed by atoms with Crippen LogP contribution in [0.2, 0.25) is 0 Å². The second kappa shape index (κ2) is 7.16. The van der Waals surface area contributed by atoms with E-state index in [0.717, 1.165) is 17.5 Å². The highest BCUT2D eigenvalue weighted by atomic mass is 32.2. The predicted octanol–water partition coefficient (Wildman–Crippen LogP) is 1.43. The van der Waals surface area contributed by atoms with Crippen LogP contribution in [-0.2, 0) is 29.5 Å². The van der Waals surface area contributed by atoms with Gasteiger partial charge in [0.2, 0.25) is 5.03 Å². The molecule has 0 saturated heterocycles. The van der Waals surface area contributed by atoms with E-state index >= 15 is 0 Å². The summed E-state index contributed by atoms with van der Waals surface area (Å²) in [5.41, 5.74) is 8.26. The van der Waals surface area contributed by atoms with E-state index in [2.05, 4.69) is 9.82 Å². The van der Waals surface area contributed by atoms with E-state index in [1.165, 1.54) is 4.68 Å². The van der Waals surface area contributed by atoms with E-state index in [4.69, 9.17) is 5.73 Å². The first-order valence-corrected chi connectivity index (χ1v) is 10.1. The van der Waals surface area contributed by atoms with Crippen LogP contribution in [0, 0.1) is 0 Å².